The van der Waals surface area contributed by atoms with E-state index < -0.39 is 0 Å². The minimum Gasteiger partial charge on any atom is -0.381 e. The molecule has 16 heavy (non-hydrogen) atoms. The van der Waals surface area contributed by atoms with Crippen molar-refractivity contribution >= 4 is 0 Å². The van der Waals surface area contributed by atoms with Crippen molar-refractivity contribution in [2.75, 3.05) is 27.2 Å². The lowest BCUT2D eigenvalue weighted by molar-refractivity contribution is 0.413. The van der Waals surface area contributed by atoms with Crippen molar-refractivity contribution in [2.45, 2.75) is 12.8 Å². The van der Waals surface area contributed by atoms with Gasteiger partial charge in [-0.1, -0.05) is 24.3 Å². The van der Waals surface area contributed by atoms with Gasteiger partial charge in [0, 0.05) is 24.4 Å². The molecule has 0 atom stereocenters. The van der Waals surface area contributed by atoms with E-state index in [0.29, 0.717) is 0 Å². The van der Waals surface area contributed by atoms with E-state index in [1.807, 2.05) is 0 Å². The Morgan fingerprint density at radius 2 is 2.06 bits per heavy atom. The van der Waals surface area contributed by atoms with Crippen molar-refractivity contribution in [1.82, 2.24) is 10.2 Å². The zero-order valence-corrected chi connectivity index (χ0v) is 10.2. The molecule has 0 saturated heterocycles. The maximum absolute atomic E-state index is 3.43. The molecule has 0 unspecified atom stereocenters. The van der Waals surface area contributed by atoms with E-state index in [1.54, 1.807) is 0 Å². The highest BCUT2D eigenvalue weighted by Gasteiger charge is 2.12. The van der Waals surface area contributed by atoms with Crippen molar-refractivity contribution in [2.24, 2.45) is 0 Å². The van der Waals surface area contributed by atoms with Gasteiger partial charge in [-0.25, -0.2) is 0 Å². The number of nitrogens with one attached hydrogen (secondary N) is 1. The molecule has 0 bridgehead atoms. The lowest BCUT2D eigenvalue weighted by atomic mass is 9.97. The summed E-state index contributed by atoms with van der Waals surface area (Å²) in [5.41, 5.74) is 4.14. The second kappa shape index (κ2) is 5.17. The third kappa shape index (κ3) is 2.64. The SMILES string of the molecule is CN(C)CCC1=CCNC2=C1C=CCC=C2. The Labute approximate surface area is 98.0 Å². The Morgan fingerprint density at radius 3 is 2.88 bits per heavy atom. The molecule has 2 nitrogen and oxygen atoms in total. The summed E-state index contributed by atoms with van der Waals surface area (Å²) in [5, 5.41) is 3.43. The predicted octanol–water partition coefficient (Wildman–Crippen LogP) is 2.24. The first-order valence-electron chi connectivity index (χ1n) is 5.93. The molecule has 0 amide bonds. The van der Waals surface area contributed by atoms with E-state index in [-0.39, 0.29) is 0 Å². The molecule has 0 fully saturated rings. The smallest absolute Gasteiger partial charge is 0.0415 e. The molecule has 0 aromatic rings. The quantitative estimate of drug-likeness (QED) is 0.778. The molecule has 2 heteroatoms. The van der Waals surface area contributed by atoms with Gasteiger partial charge in [-0.2, -0.15) is 0 Å². The van der Waals surface area contributed by atoms with Crippen molar-refractivity contribution in [3.8, 4) is 0 Å². The van der Waals surface area contributed by atoms with Gasteiger partial charge < -0.3 is 10.2 Å². The first-order chi connectivity index (χ1) is 7.77. The molecule has 2 rings (SSSR count). The van der Waals surface area contributed by atoms with Crippen LogP contribution in [0.15, 0.2) is 47.2 Å². The van der Waals surface area contributed by atoms with Crippen LogP contribution in [-0.4, -0.2) is 32.1 Å². The normalized spacial score (nSPS) is 19.3. The first-order valence-corrected chi connectivity index (χ1v) is 5.93. The fourth-order valence-corrected chi connectivity index (χ4v) is 2.04. The van der Waals surface area contributed by atoms with Crippen LogP contribution < -0.4 is 5.32 Å². The van der Waals surface area contributed by atoms with Gasteiger partial charge in [0.25, 0.3) is 0 Å². The molecule has 1 N–H and O–H groups in total. The van der Waals surface area contributed by atoms with E-state index in [0.717, 1.165) is 25.9 Å². The molecule has 0 radical (unpaired) electrons. The minimum atomic E-state index is 0.958. The lowest BCUT2D eigenvalue weighted by Gasteiger charge is -2.20. The molecule has 1 aliphatic heterocycles. The summed E-state index contributed by atoms with van der Waals surface area (Å²) in [5.74, 6) is 0. The summed E-state index contributed by atoms with van der Waals surface area (Å²) in [6.07, 6.45) is 13.4. The van der Waals surface area contributed by atoms with Crippen molar-refractivity contribution in [3.63, 3.8) is 0 Å². The molecular formula is C14H20N2. The van der Waals surface area contributed by atoms with E-state index in [1.165, 1.54) is 16.8 Å². The molecule has 0 aromatic heterocycles. The van der Waals surface area contributed by atoms with Gasteiger partial charge in [0.1, 0.15) is 0 Å². The van der Waals surface area contributed by atoms with Crippen LogP contribution in [0, 0.1) is 0 Å². The Hall–Kier alpha value is -1.28. The van der Waals surface area contributed by atoms with Crippen LogP contribution in [0.3, 0.4) is 0 Å². The largest absolute Gasteiger partial charge is 0.381 e. The van der Waals surface area contributed by atoms with Gasteiger partial charge in [0.2, 0.25) is 0 Å². The summed E-state index contributed by atoms with van der Waals surface area (Å²) < 4.78 is 0. The average molecular weight is 216 g/mol. The topological polar surface area (TPSA) is 15.3 Å². The zero-order chi connectivity index (χ0) is 11.4. The minimum absolute atomic E-state index is 0.958. The van der Waals surface area contributed by atoms with E-state index in [9.17, 15) is 0 Å². The van der Waals surface area contributed by atoms with Crippen LogP contribution >= 0.6 is 0 Å². The molecule has 1 aliphatic carbocycles. The maximum Gasteiger partial charge on any atom is 0.0415 e. The van der Waals surface area contributed by atoms with Gasteiger partial charge in [-0.05, 0) is 38.6 Å². The Kier molecular flexibility index (Phi) is 3.62. The standard InChI is InChI=1S/C14H20N2/c1-16(2)11-9-12-8-10-15-14-7-5-3-4-6-13(12)14/h4-8,15H,3,9-11H2,1-2H3. The lowest BCUT2D eigenvalue weighted by Crippen LogP contribution is -2.21. The monoisotopic (exact) mass is 216 g/mol. The number of hydrogen-bond acceptors (Lipinski definition) is 2. The summed E-state index contributed by atoms with van der Waals surface area (Å²) >= 11 is 0. The molecule has 1 heterocycles. The van der Waals surface area contributed by atoms with E-state index in [2.05, 4.69) is 54.7 Å². The van der Waals surface area contributed by atoms with Crippen molar-refractivity contribution < 1.29 is 0 Å². The molecule has 0 saturated carbocycles. The second-order valence-electron chi connectivity index (χ2n) is 4.53. The highest BCUT2D eigenvalue weighted by Crippen LogP contribution is 2.24. The van der Waals surface area contributed by atoms with Gasteiger partial charge in [0.15, 0.2) is 0 Å². The Balaban J connectivity index is 2.15. The Bertz CT molecular complexity index is 370. The zero-order valence-electron chi connectivity index (χ0n) is 10.2. The first kappa shape index (κ1) is 11.2. The van der Waals surface area contributed by atoms with Crippen LogP contribution in [0.25, 0.3) is 0 Å². The van der Waals surface area contributed by atoms with Gasteiger partial charge in [-0.15, -0.1) is 0 Å². The number of allylic oxidation sites excluding steroid dienone is 5. The van der Waals surface area contributed by atoms with Crippen molar-refractivity contribution in [3.05, 3.63) is 47.2 Å². The van der Waals surface area contributed by atoms with Gasteiger partial charge >= 0.3 is 0 Å². The predicted molar refractivity (Wildman–Crippen MR) is 69.2 cm³/mol. The third-order valence-electron chi connectivity index (χ3n) is 2.95. The maximum atomic E-state index is 3.43. The molecule has 2 aliphatic rings. The van der Waals surface area contributed by atoms with Crippen LogP contribution in [0.2, 0.25) is 0 Å². The number of hydrogen-bond donors (Lipinski definition) is 1. The summed E-state index contributed by atoms with van der Waals surface area (Å²) in [6.45, 7) is 2.07. The molecule has 86 valence electrons. The highest BCUT2D eigenvalue weighted by molar-refractivity contribution is 5.50. The fraction of sp³-hybridized carbons (Fsp3) is 0.429. The van der Waals surface area contributed by atoms with E-state index in [4.69, 9.17) is 0 Å². The molecule has 0 aromatic carbocycles. The highest BCUT2D eigenvalue weighted by atomic mass is 15.0. The fourth-order valence-electron chi connectivity index (χ4n) is 2.04. The molecular weight excluding hydrogens is 196 g/mol. The molecule has 0 spiro atoms. The van der Waals surface area contributed by atoms with Crippen LogP contribution in [-0.2, 0) is 0 Å². The summed E-state index contributed by atoms with van der Waals surface area (Å²) in [4.78, 5) is 2.24. The van der Waals surface area contributed by atoms with E-state index >= 15 is 0 Å². The number of dihydropyridines is 1. The average Bonchev–Trinajstić information content (AvgIpc) is 2.51. The van der Waals surface area contributed by atoms with Gasteiger partial charge in [0.05, 0.1) is 0 Å². The van der Waals surface area contributed by atoms with Gasteiger partial charge in [-0.3, -0.25) is 0 Å². The third-order valence-corrected chi connectivity index (χ3v) is 2.95. The van der Waals surface area contributed by atoms with Crippen molar-refractivity contribution in [1.29, 1.82) is 0 Å². The summed E-state index contributed by atoms with van der Waals surface area (Å²) in [7, 11) is 4.25. The van der Waals surface area contributed by atoms with Crippen LogP contribution in [0.5, 0.6) is 0 Å². The number of rotatable bonds is 3. The number of nitrogens with zero attached hydrogens (tertiary/aromatic N) is 1. The second-order valence-corrected chi connectivity index (χ2v) is 4.53. The summed E-state index contributed by atoms with van der Waals surface area (Å²) in [6, 6.07) is 0. The Morgan fingerprint density at radius 1 is 1.25 bits per heavy atom. The van der Waals surface area contributed by atoms with Crippen LogP contribution in [0.4, 0.5) is 0 Å². The van der Waals surface area contributed by atoms with Crippen LogP contribution in [0.1, 0.15) is 12.8 Å².